The molecular formula is C15H24N2O4. The van der Waals surface area contributed by atoms with Gasteiger partial charge in [0, 0.05) is 13.0 Å². The Balaban J connectivity index is 1.95. The van der Waals surface area contributed by atoms with Gasteiger partial charge in [-0.15, -0.1) is 0 Å². The Labute approximate surface area is 124 Å². The molecule has 0 aromatic heterocycles. The third-order valence-electron chi connectivity index (χ3n) is 4.50. The molecule has 2 rings (SSSR count). The maximum absolute atomic E-state index is 12.2. The van der Waals surface area contributed by atoms with E-state index in [9.17, 15) is 19.5 Å². The first-order chi connectivity index (χ1) is 10.0. The van der Waals surface area contributed by atoms with Gasteiger partial charge in [0.2, 0.25) is 11.8 Å². The van der Waals surface area contributed by atoms with E-state index in [-0.39, 0.29) is 18.4 Å². The first-order valence-electron chi connectivity index (χ1n) is 7.86. The summed E-state index contributed by atoms with van der Waals surface area (Å²) in [5.41, 5.74) is -1.13. The molecule has 2 fully saturated rings. The van der Waals surface area contributed by atoms with Crippen molar-refractivity contribution in [3.8, 4) is 0 Å². The van der Waals surface area contributed by atoms with Crippen LogP contribution in [0.15, 0.2) is 0 Å². The monoisotopic (exact) mass is 296 g/mol. The van der Waals surface area contributed by atoms with Crippen LogP contribution in [-0.4, -0.2) is 46.4 Å². The molecule has 0 unspecified atom stereocenters. The van der Waals surface area contributed by atoms with Gasteiger partial charge in [-0.25, -0.2) is 4.79 Å². The summed E-state index contributed by atoms with van der Waals surface area (Å²) in [6.07, 6.45) is 6.85. The molecule has 1 aliphatic carbocycles. The molecule has 1 aliphatic heterocycles. The minimum atomic E-state index is -1.13. The zero-order chi connectivity index (χ0) is 15.3. The van der Waals surface area contributed by atoms with Crippen LogP contribution in [0.4, 0.5) is 0 Å². The van der Waals surface area contributed by atoms with Crippen LogP contribution in [0.5, 0.6) is 0 Å². The first-order valence-corrected chi connectivity index (χ1v) is 7.86. The lowest BCUT2D eigenvalue weighted by Crippen LogP contribution is -2.57. The average molecular weight is 296 g/mol. The lowest BCUT2D eigenvalue weighted by atomic mass is 9.81. The topological polar surface area (TPSA) is 86.7 Å². The van der Waals surface area contributed by atoms with Gasteiger partial charge in [-0.2, -0.15) is 0 Å². The predicted octanol–water partition coefficient (Wildman–Crippen LogP) is 1.29. The van der Waals surface area contributed by atoms with E-state index in [4.69, 9.17) is 0 Å². The standard InChI is InChI=1S/C15H24N2O4/c18-12(11-17-10-6-1-3-7-13(17)19)16-15(14(20)21)8-4-2-5-9-15/h1-11H2,(H,16,18)(H,20,21). The molecule has 2 amide bonds. The Kier molecular flexibility index (Phi) is 5.20. The number of carbonyl (C=O) groups excluding carboxylic acids is 2. The summed E-state index contributed by atoms with van der Waals surface area (Å²) in [6, 6.07) is 0. The summed E-state index contributed by atoms with van der Waals surface area (Å²) < 4.78 is 0. The van der Waals surface area contributed by atoms with E-state index in [0.29, 0.717) is 25.8 Å². The molecule has 118 valence electrons. The van der Waals surface area contributed by atoms with Crippen molar-refractivity contribution < 1.29 is 19.5 Å². The summed E-state index contributed by atoms with van der Waals surface area (Å²) in [5.74, 6) is -1.32. The van der Waals surface area contributed by atoms with Crippen LogP contribution in [0, 0.1) is 0 Å². The summed E-state index contributed by atoms with van der Waals surface area (Å²) in [4.78, 5) is 37.1. The number of aliphatic carboxylic acids is 1. The molecule has 1 saturated carbocycles. The van der Waals surface area contributed by atoms with Gasteiger partial charge in [0.1, 0.15) is 5.54 Å². The van der Waals surface area contributed by atoms with Crippen molar-refractivity contribution in [3.05, 3.63) is 0 Å². The van der Waals surface area contributed by atoms with Gasteiger partial charge in [0.25, 0.3) is 0 Å². The van der Waals surface area contributed by atoms with Gasteiger partial charge in [0.05, 0.1) is 6.54 Å². The SMILES string of the molecule is O=C(CN1CCCCCC1=O)NC1(C(=O)O)CCCCC1. The fourth-order valence-electron chi connectivity index (χ4n) is 3.23. The van der Waals surface area contributed by atoms with Crippen LogP contribution >= 0.6 is 0 Å². The molecule has 6 heteroatoms. The van der Waals surface area contributed by atoms with Crippen LogP contribution in [0.2, 0.25) is 0 Å². The molecule has 0 aromatic rings. The number of carboxylic acids is 1. The minimum Gasteiger partial charge on any atom is -0.480 e. The van der Waals surface area contributed by atoms with Gasteiger partial charge >= 0.3 is 5.97 Å². The van der Waals surface area contributed by atoms with E-state index in [1.807, 2.05) is 0 Å². The molecule has 0 spiro atoms. The molecule has 1 saturated heterocycles. The van der Waals surface area contributed by atoms with Gasteiger partial charge in [0.15, 0.2) is 0 Å². The van der Waals surface area contributed by atoms with Gasteiger partial charge in [-0.05, 0) is 25.7 Å². The lowest BCUT2D eigenvalue weighted by Gasteiger charge is -2.34. The van der Waals surface area contributed by atoms with E-state index < -0.39 is 11.5 Å². The fraction of sp³-hybridized carbons (Fsp3) is 0.800. The number of nitrogens with one attached hydrogen (secondary N) is 1. The predicted molar refractivity (Wildman–Crippen MR) is 76.6 cm³/mol. The van der Waals surface area contributed by atoms with Gasteiger partial charge < -0.3 is 15.3 Å². The largest absolute Gasteiger partial charge is 0.480 e. The molecule has 2 aliphatic rings. The molecular weight excluding hydrogens is 272 g/mol. The highest BCUT2D eigenvalue weighted by Gasteiger charge is 2.41. The molecule has 0 bridgehead atoms. The number of hydrogen-bond donors (Lipinski definition) is 2. The molecule has 0 radical (unpaired) electrons. The number of likely N-dealkylation sites (tertiary alicyclic amines) is 1. The maximum Gasteiger partial charge on any atom is 0.329 e. The molecule has 0 atom stereocenters. The quantitative estimate of drug-likeness (QED) is 0.818. The Morgan fingerprint density at radius 2 is 1.76 bits per heavy atom. The average Bonchev–Trinajstić information content (AvgIpc) is 2.65. The summed E-state index contributed by atoms with van der Waals surface area (Å²) in [7, 11) is 0. The van der Waals surface area contributed by atoms with Crippen molar-refractivity contribution in [2.45, 2.75) is 63.3 Å². The van der Waals surface area contributed by atoms with E-state index in [2.05, 4.69) is 5.32 Å². The fourth-order valence-corrected chi connectivity index (χ4v) is 3.23. The van der Waals surface area contributed by atoms with Crippen molar-refractivity contribution in [1.82, 2.24) is 10.2 Å². The van der Waals surface area contributed by atoms with E-state index in [0.717, 1.165) is 38.5 Å². The van der Waals surface area contributed by atoms with Crippen LogP contribution in [-0.2, 0) is 14.4 Å². The Morgan fingerprint density at radius 1 is 1.10 bits per heavy atom. The third kappa shape index (κ3) is 3.95. The number of hydrogen-bond acceptors (Lipinski definition) is 3. The van der Waals surface area contributed by atoms with Crippen LogP contribution in [0.25, 0.3) is 0 Å². The lowest BCUT2D eigenvalue weighted by molar-refractivity contribution is -0.149. The molecule has 0 aromatic carbocycles. The Morgan fingerprint density at radius 3 is 2.43 bits per heavy atom. The molecule has 6 nitrogen and oxygen atoms in total. The number of amides is 2. The molecule has 21 heavy (non-hydrogen) atoms. The second-order valence-electron chi connectivity index (χ2n) is 6.12. The number of carbonyl (C=O) groups is 3. The van der Waals surface area contributed by atoms with Crippen molar-refractivity contribution in [1.29, 1.82) is 0 Å². The highest BCUT2D eigenvalue weighted by atomic mass is 16.4. The van der Waals surface area contributed by atoms with Crippen molar-refractivity contribution >= 4 is 17.8 Å². The van der Waals surface area contributed by atoms with E-state index in [1.165, 1.54) is 0 Å². The Hall–Kier alpha value is -1.59. The van der Waals surface area contributed by atoms with Crippen LogP contribution < -0.4 is 5.32 Å². The van der Waals surface area contributed by atoms with Gasteiger partial charge in [-0.1, -0.05) is 25.7 Å². The smallest absolute Gasteiger partial charge is 0.329 e. The highest BCUT2D eigenvalue weighted by molar-refractivity contribution is 5.90. The highest BCUT2D eigenvalue weighted by Crippen LogP contribution is 2.28. The first kappa shape index (κ1) is 15.8. The van der Waals surface area contributed by atoms with Crippen LogP contribution in [0.3, 0.4) is 0 Å². The Bertz CT molecular complexity index is 416. The summed E-state index contributed by atoms with van der Waals surface area (Å²) >= 11 is 0. The molecule has 2 N–H and O–H groups in total. The van der Waals surface area contributed by atoms with Crippen LogP contribution in [0.1, 0.15) is 57.8 Å². The van der Waals surface area contributed by atoms with Crippen molar-refractivity contribution in [3.63, 3.8) is 0 Å². The second-order valence-corrected chi connectivity index (χ2v) is 6.12. The van der Waals surface area contributed by atoms with Gasteiger partial charge in [-0.3, -0.25) is 9.59 Å². The minimum absolute atomic E-state index is 0.00401. The zero-order valence-corrected chi connectivity index (χ0v) is 12.4. The normalized spacial score (nSPS) is 22.5. The van der Waals surface area contributed by atoms with Crippen molar-refractivity contribution in [2.24, 2.45) is 0 Å². The molecule has 1 heterocycles. The van der Waals surface area contributed by atoms with E-state index >= 15 is 0 Å². The van der Waals surface area contributed by atoms with Crippen molar-refractivity contribution in [2.75, 3.05) is 13.1 Å². The summed E-state index contributed by atoms with van der Waals surface area (Å²) in [5, 5.41) is 12.1. The van der Waals surface area contributed by atoms with E-state index in [1.54, 1.807) is 4.90 Å². The zero-order valence-electron chi connectivity index (χ0n) is 12.4. The maximum atomic E-state index is 12.2. The second kappa shape index (κ2) is 6.91. The summed E-state index contributed by atoms with van der Waals surface area (Å²) in [6.45, 7) is 0.570. The number of rotatable bonds is 4. The number of nitrogens with zero attached hydrogens (tertiary/aromatic N) is 1. The third-order valence-corrected chi connectivity index (χ3v) is 4.50. The number of carboxylic acid groups (broad SMARTS) is 1.